The molecule has 156 valence electrons. The Morgan fingerprint density at radius 3 is 2.45 bits per heavy atom. The smallest absolute Gasteiger partial charge is 0.253 e. The number of hydrogen-bond donors (Lipinski definition) is 1. The molecule has 2 N–H and O–H groups in total. The highest BCUT2D eigenvalue weighted by molar-refractivity contribution is 9.10. The van der Waals surface area contributed by atoms with E-state index in [2.05, 4.69) is 29.8 Å². The van der Waals surface area contributed by atoms with Crippen molar-refractivity contribution in [2.45, 2.75) is 33.1 Å². The normalized spacial score (nSPS) is 10.8. The summed E-state index contributed by atoms with van der Waals surface area (Å²) in [5.74, 6) is 0.738. The van der Waals surface area contributed by atoms with Crippen LogP contribution >= 0.6 is 15.9 Å². The fourth-order valence-corrected chi connectivity index (χ4v) is 3.30. The Labute approximate surface area is 181 Å². The molecule has 0 aliphatic rings. The van der Waals surface area contributed by atoms with E-state index in [0.717, 1.165) is 22.2 Å². The highest BCUT2D eigenvalue weighted by Gasteiger charge is 2.18. The Balaban J connectivity index is 2.07. The predicted molar refractivity (Wildman–Crippen MR) is 119 cm³/mol. The van der Waals surface area contributed by atoms with Gasteiger partial charge in [0.05, 0.1) is 11.1 Å². The predicted octanol–water partition coefficient (Wildman–Crippen LogP) is 4.43. The van der Waals surface area contributed by atoms with E-state index < -0.39 is 5.91 Å². The fraction of sp³-hybridized carbons (Fsp3) is 0.391. The number of rotatable bonds is 11. The van der Waals surface area contributed by atoms with Crippen LogP contribution in [0, 0.1) is 5.92 Å². The van der Waals surface area contributed by atoms with E-state index in [4.69, 9.17) is 10.5 Å². The van der Waals surface area contributed by atoms with Crippen molar-refractivity contribution in [3.05, 3.63) is 64.1 Å². The van der Waals surface area contributed by atoms with E-state index in [-0.39, 0.29) is 12.3 Å². The molecule has 2 amide bonds. The van der Waals surface area contributed by atoms with Gasteiger partial charge in [0.2, 0.25) is 5.91 Å². The van der Waals surface area contributed by atoms with Crippen LogP contribution in [0.1, 0.15) is 42.6 Å². The van der Waals surface area contributed by atoms with Crippen molar-refractivity contribution in [2.24, 2.45) is 11.7 Å². The number of nitrogens with two attached hydrogens (primary N) is 1. The van der Waals surface area contributed by atoms with Crippen LogP contribution in [0.5, 0.6) is 5.75 Å². The number of benzene rings is 2. The zero-order valence-electron chi connectivity index (χ0n) is 17.1. The van der Waals surface area contributed by atoms with E-state index in [1.165, 1.54) is 0 Å². The van der Waals surface area contributed by atoms with Crippen LogP contribution in [-0.2, 0) is 11.2 Å². The molecule has 2 aromatic carbocycles. The van der Waals surface area contributed by atoms with Gasteiger partial charge >= 0.3 is 0 Å². The number of primary amides is 1. The summed E-state index contributed by atoms with van der Waals surface area (Å²) in [6.07, 6.45) is 1.81. The van der Waals surface area contributed by atoms with E-state index in [1.54, 1.807) is 23.1 Å². The minimum absolute atomic E-state index is 0.128. The first-order valence-electron chi connectivity index (χ1n) is 9.90. The maximum absolute atomic E-state index is 13.1. The second-order valence-corrected chi connectivity index (χ2v) is 8.27. The van der Waals surface area contributed by atoms with E-state index in [9.17, 15) is 9.59 Å². The number of amides is 2. The van der Waals surface area contributed by atoms with Gasteiger partial charge in [-0.25, -0.2) is 0 Å². The third kappa shape index (κ3) is 7.89. The molecule has 0 radical (unpaired) electrons. The van der Waals surface area contributed by atoms with Gasteiger partial charge in [-0.15, -0.1) is 0 Å². The number of carbonyl (C=O) groups is 2. The van der Waals surface area contributed by atoms with Crippen molar-refractivity contribution >= 4 is 27.7 Å². The minimum Gasteiger partial charge on any atom is -0.492 e. The summed E-state index contributed by atoms with van der Waals surface area (Å²) in [7, 11) is 0. The summed E-state index contributed by atoms with van der Waals surface area (Å²) in [6, 6.07) is 15.3. The molecule has 29 heavy (non-hydrogen) atoms. The number of carbonyl (C=O) groups excluding carboxylic acids is 2. The standard InChI is InChI=1S/C23H29BrN2O3/c1-17(2)12-15-29-21-9-8-19(16-20(21)24)23(28)26(14-11-22(25)27)13-10-18-6-4-3-5-7-18/h3-9,16-17H,10-15H2,1-2H3,(H2,25,27). The molecule has 0 spiro atoms. The molecule has 0 unspecified atom stereocenters. The highest BCUT2D eigenvalue weighted by atomic mass is 79.9. The second-order valence-electron chi connectivity index (χ2n) is 7.42. The topological polar surface area (TPSA) is 72.6 Å². The molecule has 0 aliphatic carbocycles. The third-order valence-electron chi connectivity index (χ3n) is 4.56. The monoisotopic (exact) mass is 460 g/mol. The molecule has 0 aromatic heterocycles. The molecule has 0 saturated carbocycles. The van der Waals surface area contributed by atoms with Crippen LogP contribution in [0.3, 0.4) is 0 Å². The molecule has 5 nitrogen and oxygen atoms in total. The van der Waals surface area contributed by atoms with Gasteiger partial charge in [0.25, 0.3) is 5.91 Å². The molecule has 0 aliphatic heterocycles. The Hall–Kier alpha value is -2.34. The third-order valence-corrected chi connectivity index (χ3v) is 5.18. The lowest BCUT2D eigenvalue weighted by atomic mass is 10.1. The molecule has 0 atom stereocenters. The maximum Gasteiger partial charge on any atom is 0.253 e. The molecule has 2 aromatic rings. The lowest BCUT2D eigenvalue weighted by Crippen LogP contribution is -2.35. The number of nitrogens with zero attached hydrogens (tertiary/aromatic N) is 1. The van der Waals surface area contributed by atoms with Crippen molar-refractivity contribution in [2.75, 3.05) is 19.7 Å². The summed E-state index contributed by atoms with van der Waals surface area (Å²) >= 11 is 3.50. The van der Waals surface area contributed by atoms with Gasteiger partial charge in [0.15, 0.2) is 0 Å². The zero-order chi connectivity index (χ0) is 21.2. The van der Waals surface area contributed by atoms with Crippen molar-refractivity contribution in [1.82, 2.24) is 4.90 Å². The second kappa shape index (κ2) is 11.6. The molecule has 0 heterocycles. The van der Waals surface area contributed by atoms with Gasteiger partial charge < -0.3 is 15.4 Å². The van der Waals surface area contributed by atoms with Crippen LogP contribution in [0.2, 0.25) is 0 Å². The average molecular weight is 461 g/mol. The molecule has 0 fully saturated rings. The summed E-state index contributed by atoms with van der Waals surface area (Å²) in [4.78, 5) is 26.0. The number of halogens is 1. The van der Waals surface area contributed by atoms with Gasteiger partial charge in [-0.2, -0.15) is 0 Å². The Bertz CT molecular complexity index is 809. The van der Waals surface area contributed by atoms with Crippen LogP contribution in [0.4, 0.5) is 0 Å². The SMILES string of the molecule is CC(C)CCOc1ccc(C(=O)N(CCC(N)=O)CCc2ccccc2)cc1Br. The van der Waals surface area contributed by atoms with Gasteiger partial charge in [-0.05, 0) is 58.5 Å². The van der Waals surface area contributed by atoms with E-state index in [1.807, 2.05) is 30.3 Å². The Morgan fingerprint density at radius 1 is 1.10 bits per heavy atom. The first-order chi connectivity index (χ1) is 13.9. The van der Waals surface area contributed by atoms with Gasteiger partial charge in [0, 0.05) is 25.1 Å². The van der Waals surface area contributed by atoms with Crippen molar-refractivity contribution in [1.29, 1.82) is 0 Å². The van der Waals surface area contributed by atoms with Crippen molar-refractivity contribution in [3.63, 3.8) is 0 Å². The molecule has 0 saturated heterocycles. The van der Waals surface area contributed by atoms with Crippen molar-refractivity contribution < 1.29 is 14.3 Å². The van der Waals surface area contributed by atoms with Crippen LogP contribution in [-0.4, -0.2) is 36.4 Å². The van der Waals surface area contributed by atoms with Crippen molar-refractivity contribution in [3.8, 4) is 5.75 Å². The van der Waals surface area contributed by atoms with Gasteiger partial charge in [0.1, 0.15) is 5.75 Å². The Kier molecular flexibility index (Phi) is 9.19. The van der Waals surface area contributed by atoms with Crippen LogP contribution < -0.4 is 10.5 Å². The first kappa shape index (κ1) is 22.9. The van der Waals surface area contributed by atoms with E-state index >= 15 is 0 Å². The lowest BCUT2D eigenvalue weighted by molar-refractivity contribution is -0.118. The Morgan fingerprint density at radius 2 is 1.83 bits per heavy atom. The molecule has 2 rings (SSSR count). The summed E-state index contributed by atoms with van der Waals surface area (Å²) < 4.78 is 6.53. The van der Waals surface area contributed by atoms with Gasteiger partial charge in [-0.3, -0.25) is 9.59 Å². The first-order valence-corrected chi connectivity index (χ1v) is 10.7. The lowest BCUT2D eigenvalue weighted by Gasteiger charge is -2.23. The van der Waals surface area contributed by atoms with Crippen LogP contribution in [0.15, 0.2) is 53.0 Å². The van der Waals surface area contributed by atoms with E-state index in [0.29, 0.717) is 37.6 Å². The largest absolute Gasteiger partial charge is 0.492 e. The molecular formula is C23H29BrN2O3. The highest BCUT2D eigenvalue weighted by Crippen LogP contribution is 2.27. The quantitative estimate of drug-likeness (QED) is 0.538. The van der Waals surface area contributed by atoms with Crippen LogP contribution in [0.25, 0.3) is 0 Å². The van der Waals surface area contributed by atoms with Gasteiger partial charge in [-0.1, -0.05) is 44.2 Å². The average Bonchev–Trinajstić information content (AvgIpc) is 2.69. The fourth-order valence-electron chi connectivity index (χ4n) is 2.81. The minimum atomic E-state index is -0.419. The molecular weight excluding hydrogens is 432 g/mol. The summed E-state index contributed by atoms with van der Waals surface area (Å²) in [5.41, 5.74) is 6.98. The summed E-state index contributed by atoms with van der Waals surface area (Å²) in [5, 5.41) is 0. The molecule has 0 bridgehead atoms. The summed E-state index contributed by atoms with van der Waals surface area (Å²) in [6.45, 7) is 5.74. The zero-order valence-corrected chi connectivity index (χ0v) is 18.7. The maximum atomic E-state index is 13.1. The number of hydrogen-bond acceptors (Lipinski definition) is 3. The number of ether oxygens (including phenoxy) is 1. The molecule has 6 heteroatoms.